The van der Waals surface area contributed by atoms with Crippen molar-refractivity contribution in [3.63, 3.8) is 0 Å². The van der Waals surface area contributed by atoms with E-state index in [0.717, 1.165) is 9.13 Å². The van der Waals surface area contributed by atoms with E-state index < -0.39 is 0 Å². The molecule has 0 bridgehead atoms. The van der Waals surface area contributed by atoms with Crippen LogP contribution in [0.25, 0.3) is 11.5 Å². The van der Waals surface area contributed by atoms with Gasteiger partial charge in [-0.2, -0.15) is 4.98 Å². The number of nitrogens with zero attached hydrogens (tertiary/aromatic N) is 2. The van der Waals surface area contributed by atoms with Crippen molar-refractivity contribution >= 4 is 45.2 Å². The van der Waals surface area contributed by atoms with Crippen LogP contribution < -0.4 is 0 Å². The molecule has 0 atom stereocenters. The zero-order valence-corrected chi connectivity index (χ0v) is 11.0. The summed E-state index contributed by atoms with van der Waals surface area (Å²) in [5.41, 5.74) is 0.752. The predicted molar refractivity (Wildman–Crippen MR) is 65.1 cm³/mol. The van der Waals surface area contributed by atoms with Gasteiger partial charge in [-0.1, -0.05) is 5.16 Å². The zero-order valence-electron chi connectivity index (χ0n) is 6.67. The first-order chi connectivity index (χ1) is 6.66. The van der Waals surface area contributed by atoms with Gasteiger partial charge in [-0.3, -0.25) is 0 Å². The van der Waals surface area contributed by atoms with Crippen molar-refractivity contribution in [2.24, 2.45) is 0 Å². The topological polar surface area (TPSA) is 38.9 Å². The van der Waals surface area contributed by atoms with Crippen LogP contribution in [0.2, 0.25) is 0 Å². The Morgan fingerprint density at radius 3 is 2.64 bits per heavy atom. The van der Waals surface area contributed by atoms with Crippen LogP contribution in [0, 0.1) is 13.2 Å². The second-order valence-electron chi connectivity index (χ2n) is 2.49. The normalized spacial score (nSPS) is 10.5. The number of aromatic nitrogens is 2. The standard InChI is InChI=1S/C8H3FI2N2O/c9-4-1-2-5(6(10)3-4)7-12-8(11)13-14-7/h1-3H. The van der Waals surface area contributed by atoms with E-state index in [2.05, 4.69) is 10.1 Å². The van der Waals surface area contributed by atoms with Crippen molar-refractivity contribution in [3.05, 3.63) is 31.4 Å². The Balaban J connectivity index is 2.52. The third-order valence-electron chi connectivity index (χ3n) is 1.56. The van der Waals surface area contributed by atoms with Crippen molar-refractivity contribution in [3.8, 4) is 11.5 Å². The average molecular weight is 416 g/mol. The summed E-state index contributed by atoms with van der Waals surface area (Å²) in [5.74, 6) is 0.145. The maximum atomic E-state index is 12.8. The first kappa shape index (κ1) is 10.3. The molecule has 0 saturated carbocycles. The van der Waals surface area contributed by atoms with Crippen molar-refractivity contribution in [1.82, 2.24) is 10.1 Å². The summed E-state index contributed by atoms with van der Waals surface area (Å²) >= 11 is 3.98. The summed E-state index contributed by atoms with van der Waals surface area (Å²) in [5, 5.41) is 3.66. The van der Waals surface area contributed by atoms with Crippen molar-refractivity contribution < 1.29 is 8.91 Å². The maximum absolute atomic E-state index is 12.8. The molecule has 3 nitrogen and oxygen atoms in total. The molecule has 1 aromatic heterocycles. The molecule has 72 valence electrons. The van der Waals surface area contributed by atoms with Gasteiger partial charge in [0.2, 0.25) is 3.83 Å². The van der Waals surface area contributed by atoms with Crippen LogP contribution in [0.4, 0.5) is 4.39 Å². The van der Waals surface area contributed by atoms with Crippen LogP contribution in [-0.2, 0) is 0 Å². The van der Waals surface area contributed by atoms with Crippen molar-refractivity contribution in [2.75, 3.05) is 0 Å². The quantitative estimate of drug-likeness (QED) is 0.672. The summed E-state index contributed by atoms with van der Waals surface area (Å²) in [7, 11) is 0. The van der Waals surface area contributed by atoms with Gasteiger partial charge in [0.15, 0.2) is 0 Å². The smallest absolute Gasteiger partial charge is 0.259 e. The molecule has 2 rings (SSSR count). The predicted octanol–water partition coefficient (Wildman–Crippen LogP) is 3.08. The Labute approximate surface area is 106 Å². The molecular formula is C8H3FI2N2O. The Hall–Kier alpha value is -0.250. The van der Waals surface area contributed by atoms with E-state index in [9.17, 15) is 4.39 Å². The van der Waals surface area contributed by atoms with E-state index in [1.54, 1.807) is 6.07 Å². The number of rotatable bonds is 1. The molecular weight excluding hydrogens is 413 g/mol. The minimum Gasteiger partial charge on any atom is -0.333 e. The molecule has 0 aliphatic heterocycles. The van der Waals surface area contributed by atoms with E-state index in [1.807, 2.05) is 45.2 Å². The highest BCUT2D eigenvalue weighted by Gasteiger charge is 2.10. The molecule has 0 spiro atoms. The molecule has 0 aliphatic carbocycles. The van der Waals surface area contributed by atoms with Crippen molar-refractivity contribution in [1.29, 1.82) is 0 Å². The minimum absolute atomic E-state index is 0.271. The Morgan fingerprint density at radius 2 is 2.07 bits per heavy atom. The van der Waals surface area contributed by atoms with Crippen LogP contribution in [0.5, 0.6) is 0 Å². The monoisotopic (exact) mass is 416 g/mol. The molecule has 0 unspecified atom stereocenters. The third kappa shape index (κ3) is 2.05. The van der Waals surface area contributed by atoms with E-state index in [4.69, 9.17) is 4.52 Å². The molecule has 6 heteroatoms. The van der Waals surface area contributed by atoms with Gasteiger partial charge in [0.05, 0.1) is 5.56 Å². The van der Waals surface area contributed by atoms with Gasteiger partial charge < -0.3 is 4.52 Å². The molecule has 0 fully saturated rings. The minimum atomic E-state index is -0.271. The fourth-order valence-corrected chi connectivity index (χ4v) is 2.00. The lowest BCUT2D eigenvalue weighted by Crippen LogP contribution is -1.84. The number of hydrogen-bond donors (Lipinski definition) is 0. The molecule has 0 amide bonds. The van der Waals surface area contributed by atoms with E-state index in [0.29, 0.717) is 9.72 Å². The highest BCUT2D eigenvalue weighted by molar-refractivity contribution is 14.1. The zero-order chi connectivity index (χ0) is 10.1. The van der Waals surface area contributed by atoms with E-state index in [1.165, 1.54) is 12.1 Å². The average Bonchev–Trinajstić information content (AvgIpc) is 2.51. The Morgan fingerprint density at radius 1 is 1.29 bits per heavy atom. The van der Waals surface area contributed by atoms with Gasteiger partial charge in [-0.05, 0) is 40.8 Å². The van der Waals surface area contributed by atoms with Gasteiger partial charge in [0.1, 0.15) is 5.82 Å². The lowest BCUT2D eigenvalue weighted by Gasteiger charge is -1.97. The van der Waals surface area contributed by atoms with Crippen LogP contribution >= 0.6 is 45.2 Å². The Bertz CT molecular complexity index is 472. The van der Waals surface area contributed by atoms with E-state index >= 15 is 0 Å². The van der Waals surface area contributed by atoms with Gasteiger partial charge in [0.25, 0.3) is 5.89 Å². The fraction of sp³-hybridized carbons (Fsp3) is 0. The third-order valence-corrected chi connectivity index (χ3v) is 2.89. The van der Waals surface area contributed by atoms with Gasteiger partial charge in [-0.25, -0.2) is 4.39 Å². The molecule has 1 aromatic carbocycles. The van der Waals surface area contributed by atoms with Crippen LogP contribution in [0.15, 0.2) is 22.7 Å². The van der Waals surface area contributed by atoms with Crippen LogP contribution in [0.1, 0.15) is 0 Å². The molecule has 0 saturated heterocycles. The van der Waals surface area contributed by atoms with Crippen LogP contribution in [0.3, 0.4) is 0 Å². The second-order valence-corrected chi connectivity index (χ2v) is 4.62. The van der Waals surface area contributed by atoms with Crippen molar-refractivity contribution in [2.45, 2.75) is 0 Å². The summed E-state index contributed by atoms with van der Waals surface area (Å²) in [4.78, 5) is 4.05. The molecule has 1 heterocycles. The lowest BCUT2D eigenvalue weighted by atomic mass is 10.2. The number of halogens is 3. The number of hydrogen-bond acceptors (Lipinski definition) is 3. The maximum Gasteiger partial charge on any atom is 0.259 e. The second kappa shape index (κ2) is 4.09. The first-order valence-corrected chi connectivity index (χ1v) is 5.77. The van der Waals surface area contributed by atoms with Gasteiger partial charge in [0, 0.05) is 26.2 Å². The highest BCUT2D eigenvalue weighted by Crippen LogP contribution is 2.24. The van der Waals surface area contributed by atoms with Gasteiger partial charge >= 0.3 is 0 Å². The highest BCUT2D eigenvalue weighted by atomic mass is 127. The molecule has 0 radical (unpaired) electrons. The fourth-order valence-electron chi connectivity index (χ4n) is 0.978. The summed E-state index contributed by atoms with van der Waals surface area (Å²) < 4.78 is 19.1. The molecule has 2 aromatic rings. The molecule has 0 N–H and O–H groups in total. The summed E-state index contributed by atoms with van der Waals surface area (Å²) in [6.07, 6.45) is 0. The molecule has 14 heavy (non-hydrogen) atoms. The summed E-state index contributed by atoms with van der Waals surface area (Å²) in [6.45, 7) is 0. The van der Waals surface area contributed by atoms with Crippen LogP contribution in [-0.4, -0.2) is 10.1 Å². The molecule has 0 aliphatic rings. The summed E-state index contributed by atoms with van der Waals surface area (Å²) in [6, 6.07) is 4.42. The van der Waals surface area contributed by atoms with Gasteiger partial charge in [-0.15, -0.1) is 0 Å². The lowest BCUT2D eigenvalue weighted by molar-refractivity contribution is 0.425. The SMILES string of the molecule is Fc1ccc(-c2nc(I)no2)c(I)c1. The number of benzene rings is 1. The largest absolute Gasteiger partial charge is 0.333 e. The first-order valence-electron chi connectivity index (χ1n) is 3.61. The Kier molecular flexibility index (Phi) is 3.00. The van der Waals surface area contributed by atoms with E-state index in [-0.39, 0.29) is 5.82 Å².